The Balaban J connectivity index is 3.24. The van der Waals surface area contributed by atoms with Crippen LogP contribution in [0.4, 0.5) is 0 Å². The van der Waals surface area contributed by atoms with E-state index in [4.69, 9.17) is 10.00 Å². The molecule has 0 radical (unpaired) electrons. The number of hydrogen-bond acceptors (Lipinski definition) is 4. The minimum Gasteiger partial charge on any atom is -0.508 e. The Bertz CT molecular complexity index is 446. The van der Waals surface area contributed by atoms with Crippen LogP contribution in [-0.4, -0.2) is 17.7 Å². The molecule has 4 heteroatoms. The van der Waals surface area contributed by atoms with Crippen molar-refractivity contribution in [2.24, 2.45) is 0 Å². The van der Waals surface area contributed by atoms with E-state index in [-0.39, 0.29) is 23.5 Å². The molecule has 0 atom stereocenters. The van der Waals surface area contributed by atoms with Gasteiger partial charge in [0.05, 0.1) is 17.7 Å². The molecule has 0 amide bonds. The molecule has 0 heterocycles. The van der Waals surface area contributed by atoms with E-state index in [9.17, 15) is 9.90 Å². The highest BCUT2D eigenvalue weighted by atomic mass is 16.5. The van der Waals surface area contributed by atoms with Gasteiger partial charge in [-0.15, -0.1) is 0 Å². The largest absolute Gasteiger partial charge is 0.508 e. The minimum atomic E-state index is -0.586. The first kappa shape index (κ1) is 12.1. The summed E-state index contributed by atoms with van der Waals surface area (Å²) in [6.45, 7) is 3.78. The van der Waals surface area contributed by atoms with Gasteiger partial charge in [-0.25, -0.2) is 4.79 Å². The van der Waals surface area contributed by atoms with Crippen LogP contribution in [0.25, 0.3) is 0 Å². The number of carbonyl (C=O) groups is 1. The zero-order valence-electron chi connectivity index (χ0n) is 9.28. The highest BCUT2D eigenvalue weighted by Crippen LogP contribution is 2.23. The van der Waals surface area contributed by atoms with Gasteiger partial charge < -0.3 is 9.84 Å². The number of nitrogens with zero attached hydrogens (tertiary/aromatic N) is 1. The molecule has 1 rings (SSSR count). The van der Waals surface area contributed by atoms with E-state index in [0.717, 1.165) is 0 Å². The number of phenolic OH excluding ortho intramolecular Hbond substituents is 1. The lowest BCUT2D eigenvalue weighted by Crippen LogP contribution is -2.07. The number of esters is 1. The van der Waals surface area contributed by atoms with E-state index in [0.29, 0.717) is 12.0 Å². The third-order valence-corrected chi connectivity index (χ3v) is 2.22. The number of carbonyl (C=O) groups excluding carboxylic acids is 1. The van der Waals surface area contributed by atoms with Gasteiger partial charge in [0, 0.05) is 0 Å². The van der Waals surface area contributed by atoms with Crippen LogP contribution in [0.15, 0.2) is 12.1 Å². The monoisotopic (exact) mass is 219 g/mol. The summed E-state index contributed by atoms with van der Waals surface area (Å²) in [7, 11) is 0. The zero-order valence-corrected chi connectivity index (χ0v) is 9.28. The van der Waals surface area contributed by atoms with Gasteiger partial charge in [-0.1, -0.05) is 6.92 Å². The molecular weight excluding hydrogens is 206 g/mol. The van der Waals surface area contributed by atoms with Crippen molar-refractivity contribution in [1.29, 1.82) is 5.26 Å². The Hall–Kier alpha value is -2.02. The van der Waals surface area contributed by atoms with Crippen molar-refractivity contribution in [3.63, 3.8) is 0 Å². The quantitative estimate of drug-likeness (QED) is 0.789. The first-order valence-electron chi connectivity index (χ1n) is 5.07. The number of ether oxygens (including phenoxy) is 1. The lowest BCUT2D eigenvalue weighted by Gasteiger charge is -2.07. The van der Waals surface area contributed by atoms with E-state index in [1.807, 2.05) is 13.0 Å². The molecule has 1 aromatic rings. The van der Waals surface area contributed by atoms with Gasteiger partial charge in [0.1, 0.15) is 11.8 Å². The van der Waals surface area contributed by atoms with Crippen LogP contribution in [0, 0.1) is 11.3 Å². The topological polar surface area (TPSA) is 70.3 Å². The second-order valence-corrected chi connectivity index (χ2v) is 3.21. The third-order valence-electron chi connectivity index (χ3n) is 2.22. The summed E-state index contributed by atoms with van der Waals surface area (Å²) in [5.41, 5.74) is 0.983. The van der Waals surface area contributed by atoms with Crippen molar-refractivity contribution >= 4 is 5.97 Å². The molecule has 0 fully saturated rings. The number of benzene rings is 1. The summed E-state index contributed by atoms with van der Waals surface area (Å²) < 4.78 is 4.80. The number of nitriles is 1. The minimum absolute atomic E-state index is 0.0181. The first-order chi connectivity index (χ1) is 7.63. The van der Waals surface area contributed by atoms with Crippen molar-refractivity contribution in [3.05, 3.63) is 28.8 Å². The molecule has 84 valence electrons. The fourth-order valence-corrected chi connectivity index (χ4v) is 1.39. The van der Waals surface area contributed by atoms with Gasteiger partial charge in [-0.05, 0) is 31.0 Å². The smallest absolute Gasteiger partial charge is 0.339 e. The van der Waals surface area contributed by atoms with Gasteiger partial charge in [0.25, 0.3) is 0 Å². The first-order valence-corrected chi connectivity index (χ1v) is 5.07. The molecule has 0 spiro atoms. The molecule has 0 aliphatic carbocycles. The molecule has 16 heavy (non-hydrogen) atoms. The predicted molar refractivity (Wildman–Crippen MR) is 58.2 cm³/mol. The number of aryl methyl sites for hydroxylation is 1. The van der Waals surface area contributed by atoms with Crippen molar-refractivity contribution < 1.29 is 14.6 Å². The highest BCUT2D eigenvalue weighted by molar-refractivity contribution is 5.92. The van der Waals surface area contributed by atoms with Crippen LogP contribution >= 0.6 is 0 Å². The van der Waals surface area contributed by atoms with Gasteiger partial charge in [-0.2, -0.15) is 5.26 Å². The number of aromatic hydroxyl groups is 1. The Labute approximate surface area is 94.1 Å². The molecule has 1 aromatic carbocycles. The van der Waals surface area contributed by atoms with Crippen LogP contribution in [0.3, 0.4) is 0 Å². The number of rotatable bonds is 3. The Kier molecular flexibility index (Phi) is 3.90. The van der Waals surface area contributed by atoms with Gasteiger partial charge >= 0.3 is 5.97 Å². The van der Waals surface area contributed by atoms with Crippen molar-refractivity contribution in [3.8, 4) is 11.8 Å². The lowest BCUT2D eigenvalue weighted by molar-refractivity contribution is 0.0525. The van der Waals surface area contributed by atoms with Gasteiger partial charge in [-0.3, -0.25) is 0 Å². The summed E-state index contributed by atoms with van der Waals surface area (Å²) in [6, 6.07) is 4.73. The Morgan fingerprint density at radius 2 is 2.19 bits per heavy atom. The average molecular weight is 219 g/mol. The standard InChI is InChI=1S/C12H13NO3/c1-3-8-5-9(7-13)10(6-11(8)14)12(15)16-4-2/h5-6,14H,3-4H2,1-2H3. The van der Waals surface area contributed by atoms with Crippen LogP contribution in [0.5, 0.6) is 5.75 Å². The second-order valence-electron chi connectivity index (χ2n) is 3.21. The fraction of sp³-hybridized carbons (Fsp3) is 0.333. The van der Waals surface area contributed by atoms with Crippen molar-refractivity contribution in [2.45, 2.75) is 20.3 Å². The van der Waals surface area contributed by atoms with E-state index in [2.05, 4.69) is 0 Å². The summed E-state index contributed by atoms with van der Waals surface area (Å²) >= 11 is 0. The molecule has 1 N–H and O–H groups in total. The maximum Gasteiger partial charge on any atom is 0.339 e. The molecule has 0 saturated carbocycles. The molecular formula is C12H13NO3. The molecule has 0 unspecified atom stereocenters. The van der Waals surface area contributed by atoms with E-state index < -0.39 is 5.97 Å². The van der Waals surface area contributed by atoms with Crippen molar-refractivity contribution in [2.75, 3.05) is 6.61 Å². The van der Waals surface area contributed by atoms with E-state index in [1.165, 1.54) is 12.1 Å². The molecule has 0 bridgehead atoms. The highest BCUT2D eigenvalue weighted by Gasteiger charge is 2.15. The lowest BCUT2D eigenvalue weighted by atomic mass is 10.0. The van der Waals surface area contributed by atoms with Crippen LogP contribution in [0.2, 0.25) is 0 Å². The van der Waals surface area contributed by atoms with E-state index in [1.54, 1.807) is 6.92 Å². The second kappa shape index (κ2) is 5.17. The van der Waals surface area contributed by atoms with Crippen LogP contribution in [-0.2, 0) is 11.2 Å². The average Bonchev–Trinajstić information content (AvgIpc) is 2.29. The van der Waals surface area contributed by atoms with E-state index >= 15 is 0 Å². The summed E-state index contributed by atoms with van der Waals surface area (Å²) in [5.74, 6) is -0.568. The maximum absolute atomic E-state index is 11.5. The molecule has 0 aliphatic rings. The Morgan fingerprint density at radius 3 is 2.69 bits per heavy atom. The van der Waals surface area contributed by atoms with Crippen molar-refractivity contribution in [1.82, 2.24) is 0 Å². The summed E-state index contributed by atoms with van der Waals surface area (Å²) in [5, 5.41) is 18.5. The third kappa shape index (κ3) is 2.31. The maximum atomic E-state index is 11.5. The number of phenols is 1. The zero-order chi connectivity index (χ0) is 12.1. The SMILES string of the molecule is CCOC(=O)c1cc(O)c(CC)cc1C#N. The fourth-order valence-electron chi connectivity index (χ4n) is 1.39. The molecule has 0 aliphatic heterocycles. The number of hydrogen-bond donors (Lipinski definition) is 1. The van der Waals surface area contributed by atoms with Crippen LogP contribution < -0.4 is 0 Å². The summed E-state index contributed by atoms with van der Waals surface area (Å²) in [4.78, 5) is 11.5. The molecule has 4 nitrogen and oxygen atoms in total. The van der Waals surface area contributed by atoms with Crippen LogP contribution in [0.1, 0.15) is 35.3 Å². The summed E-state index contributed by atoms with van der Waals surface area (Å²) in [6.07, 6.45) is 0.601. The van der Waals surface area contributed by atoms with Gasteiger partial charge in [0.2, 0.25) is 0 Å². The Morgan fingerprint density at radius 1 is 1.50 bits per heavy atom. The predicted octanol–water partition coefficient (Wildman–Crippen LogP) is 2.00. The molecule has 0 saturated heterocycles. The normalized spacial score (nSPS) is 9.56. The molecule has 0 aromatic heterocycles. The van der Waals surface area contributed by atoms with Gasteiger partial charge in [0.15, 0.2) is 0 Å².